The first kappa shape index (κ1) is 20.4. The van der Waals surface area contributed by atoms with E-state index in [2.05, 4.69) is 10.3 Å². The third-order valence-electron chi connectivity index (χ3n) is 4.89. The molecule has 3 aromatic rings. The number of rotatable bonds is 7. The van der Waals surface area contributed by atoms with Crippen LogP contribution in [0.4, 0.5) is 0 Å². The Morgan fingerprint density at radius 3 is 2.17 bits per heavy atom. The second-order valence-electron chi connectivity index (χ2n) is 6.92. The third kappa shape index (κ3) is 4.26. The Hall–Kier alpha value is -3.29. The summed E-state index contributed by atoms with van der Waals surface area (Å²) >= 11 is 0. The average Bonchev–Trinajstić information content (AvgIpc) is 3.20. The number of benzene rings is 1. The van der Waals surface area contributed by atoms with Crippen LogP contribution in [0.15, 0.2) is 27.2 Å². The van der Waals surface area contributed by atoms with Crippen molar-refractivity contribution in [2.45, 2.75) is 40.8 Å². The van der Waals surface area contributed by atoms with Crippen LogP contribution in [0.25, 0.3) is 0 Å². The molecule has 1 aromatic carbocycles. The highest BCUT2D eigenvalue weighted by Crippen LogP contribution is 2.30. The molecule has 8 nitrogen and oxygen atoms in total. The monoisotopic (exact) mass is 399 g/mol. The molecule has 2 aromatic heterocycles. The number of ether oxygens (including phenoxy) is 2. The number of aromatic nitrogens is 2. The summed E-state index contributed by atoms with van der Waals surface area (Å²) in [6.45, 7) is 8.11. The third-order valence-corrected chi connectivity index (χ3v) is 4.89. The van der Waals surface area contributed by atoms with Crippen LogP contribution in [0, 0.1) is 27.7 Å². The summed E-state index contributed by atoms with van der Waals surface area (Å²) in [5.74, 6) is 2.31. The first-order valence-electron chi connectivity index (χ1n) is 9.21. The summed E-state index contributed by atoms with van der Waals surface area (Å²) in [6, 6.07) is 5.13. The van der Waals surface area contributed by atoms with E-state index in [9.17, 15) is 4.79 Å². The number of hydrogen-bond donors (Lipinski definition) is 0. The fourth-order valence-corrected chi connectivity index (χ4v) is 3.03. The largest absolute Gasteiger partial charge is 0.493 e. The quantitative estimate of drug-likeness (QED) is 0.597. The van der Waals surface area contributed by atoms with Crippen molar-refractivity contribution in [3.8, 4) is 11.5 Å². The predicted octanol–water partition coefficient (Wildman–Crippen LogP) is 3.76. The molecule has 0 aliphatic carbocycles. The summed E-state index contributed by atoms with van der Waals surface area (Å²) in [7, 11) is 3.28. The van der Waals surface area contributed by atoms with Crippen molar-refractivity contribution in [3.05, 3.63) is 57.8 Å². The zero-order valence-electron chi connectivity index (χ0n) is 17.5. The van der Waals surface area contributed by atoms with Gasteiger partial charge >= 0.3 is 0 Å². The van der Waals surface area contributed by atoms with Gasteiger partial charge in [0.1, 0.15) is 18.1 Å². The normalized spacial score (nSPS) is 10.8. The molecule has 29 heavy (non-hydrogen) atoms. The molecule has 0 aliphatic rings. The topological polar surface area (TPSA) is 90.8 Å². The molecular weight excluding hydrogens is 374 g/mol. The first-order valence-corrected chi connectivity index (χ1v) is 9.21. The van der Waals surface area contributed by atoms with Gasteiger partial charge in [0.05, 0.1) is 30.6 Å². The minimum atomic E-state index is -0.138. The number of amides is 1. The van der Waals surface area contributed by atoms with Crippen molar-refractivity contribution in [3.63, 3.8) is 0 Å². The zero-order chi connectivity index (χ0) is 21.1. The van der Waals surface area contributed by atoms with E-state index in [1.807, 2.05) is 27.7 Å². The lowest BCUT2D eigenvalue weighted by Crippen LogP contribution is -2.26. The van der Waals surface area contributed by atoms with Crippen LogP contribution >= 0.6 is 0 Å². The Labute approximate surface area is 169 Å². The molecule has 0 atom stereocenters. The van der Waals surface area contributed by atoms with Gasteiger partial charge in [0.15, 0.2) is 11.5 Å². The molecule has 154 valence electrons. The molecule has 0 radical (unpaired) electrons. The fraction of sp³-hybridized carbons (Fsp3) is 0.381. The number of methoxy groups -OCH3 is 1. The number of carbonyl (C=O) groups is 1. The molecule has 0 fully saturated rings. The van der Waals surface area contributed by atoms with E-state index in [4.69, 9.17) is 18.5 Å². The van der Waals surface area contributed by atoms with Gasteiger partial charge in [-0.3, -0.25) is 4.79 Å². The predicted molar refractivity (Wildman–Crippen MR) is 105 cm³/mol. The second kappa shape index (κ2) is 8.38. The molecule has 0 saturated carbocycles. The molecule has 0 unspecified atom stereocenters. The van der Waals surface area contributed by atoms with Crippen molar-refractivity contribution in [1.29, 1.82) is 0 Å². The lowest BCUT2D eigenvalue weighted by Gasteiger charge is -2.18. The molecule has 2 heterocycles. The number of nitrogens with zero attached hydrogens (tertiary/aromatic N) is 3. The van der Waals surface area contributed by atoms with Crippen molar-refractivity contribution in [2.24, 2.45) is 0 Å². The van der Waals surface area contributed by atoms with Gasteiger partial charge in [-0.1, -0.05) is 10.3 Å². The van der Waals surface area contributed by atoms with Gasteiger partial charge < -0.3 is 23.4 Å². The summed E-state index contributed by atoms with van der Waals surface area (Å²) in [6.07, 6.45) is 0. The Bertz CT molecular complexity index is 982. The van der Waals surface area contributed by atoms with Crippen LogP contribution in [-0.2, 0) is 13.2 Å². The Morgan fingerprint density at radius 2 is 1.62 bits per heavy atom. The maximum atomic E-state index is 12.9. The summed E-state index contributed by atoms with van der Waals surface area (Å²) < 4.78 is 21.6. The molecular formula is C21H25N3O5. The number of carbonyl (C=O) groups excluding carboxylic acids is 1. The Balaban J connectivity index is 1.74. The van der Waals surface area contributed by atoms with Crippen LogP contribution in [-0.4, -0.2) is 35.3 Å². The van der Waals surface area contributed by atoms with Crippen molar-refractivity contribution in [1.82, 2.24) is 15.2 Å². The zero-order valence-corrected chi connectivity index (χ0v) is 17.5. The molecule has 0 bridgehead atoms. The lowest BCUT2D eigenvalue weighted by molar-refractivity contribution is 0.0784. The van der Waals surface area contributed by atoms with Gasteiger partial charge in [-0.05, 0) is 45.9 Å². The van der Waals surface area contributed by atoms with E-state index >= 15 is 0 Å². The summed E-state index contributed by atoms with van der Waals surface area (Å²) in [5, 5.41) is 7.86. The highest BCUT2D eigenvalue weighted by Gasteiger charge is 2.19. The minimum Gasteiger partial charge on any atom is -0.493 e. The molecule has 0 N–H and O–H groups in total. The molecule has 1 amide bonds. The van der Waals surface area contributed by atoms with E-state index in [1.165, 1.54) is 0 Å². The van der Waals surface area contributed by atoms with Gasteiger partial charge in [-0.2, -0.15) is 0 Å². The summed E-state index contributed by atoms with van der Waals surface area (Å²) in [5.41, 5.74) is 3.87. The smallest absolute Gasteiger partial charge is 0.254 e. The maximum Gasteiger partial charge on any atom is 0.254 e. The minimum absolute atomic E-state index is 0.138. The standard InChI is InChI=1S/C21H25N3O5/c1-12-17(14(3)28-22-12)10-24(5)21(25)16-7-8-19(20(9-16)26-6)27-11-18-13(2)23-29-15(18)4/h7-9H,10-11H2,1-6H3. The average molecular weight is 399 g/mol. The van der Waals surface area contributed by atoms with E-state index in [1.54, 1.807) is 37.3 Å². The van der Waals surface area contributed by atoms with E-state index < -0.39 is 0 Å². The SMILES string of the molecule is COc1cc(C(=O)N(C)Cc2c(C)noc2C)ccc1OCc1c(C)noc1C. The molecule has 3 rings (SSSR count). The van der Waals surface area contributed by atoms with Gasteiger partial charge in [0.25, 0.3) is 5.91 Å². The lowest BCUT2D eigenvalue weighted by atomic mass is 10.1. The van der Waals surface area contributed by atoms with Crippen LogP contribution < -0.4 is 9.47 Å². The second-order valence-corrected chi connectivity index (χ2v) is 6.92. The molecule has 8 heteroatoms. The van der Waals surface area contributed by atoms with Gasteiger partial charge in [0.2, 0.25) is 0 Å². The van der Waals surface area contributed by atoms with Crippen molar-refractivity contribution < 1.29 is 23.3 Å². The number of hydrogen-bond acceptors (Lipinski definition) is 7. The van der Waals surface area contributed by atoms with Gasteiger partial charge in [-0.25, -0.2) is 0 Å². The molecule has 0 spiro atoms. The van der Waals surface area contributed by atoms with Crippen molar-refractivity contribution in [2.75, 3.05) is 14.2 Å². The van der Waals surface area contributed by atoms with Crippen molar-refractivity contribution >= 4 is 5.91 Å². The fourth-order valence-electron chi connectivity index (χ4n) is 3.03. The van der Waals surface area contributed by atoms with E-state index in [0.717, 1.165) is 22.5 Å². The maximum absolute atomic E-state index is 12.9. The molecule has 0 aliphatic heterocycles. The van der Waals surface area contributed by atoms with Crippen LogP contribution in [0.1, 0.15) is 44.4 Å². The summed E-state index contributed by atoms with van der Waals surface area (Å²) in [4.78, 5) is 14.5. The number of aryl methyl sites for hydroxylation is 4. The van der Waals surface area contributed by atoms with Gasteiger partial charge in [0, 0.05) is 18.2 Å². The van der Waals surface area contributed by atoms with Crippen LogP contribution in [0.5, 0.6) is 11.5 Å². The highest BCUT2D eigenvalue weighted by molar-refractivity contribution is 5.94. The Kier molecular flexibility index (Phi) is 5.91. The Morgan fingerprint density at radius 1 is 1.00 bits per heavy atom. The van der Waals surface area contributed by atoms with Crippen LogP contribution in [0.3, 0.4) is 0 Å². The highest BCUT2D eigenvalue weighted by atomic mass is 16.5. The van der Waals surface area contributed by atoms with Gasteiger partial charge in [-0.15, -0.1) is 0 Å². The van der Waals surface area contributed by atoms with E-state index in [-0.39, 0.29) is 5.91 Å². The first-order chi connectivity index (χ1) is 13.8. The van der Waals surface area contributed by atoms with E-state index in [0.29, 0.717) is 41.7 Å². The van der Waals surface area contributed by atoms with Crippen LogP contribution in [0.2, 0.25) is 0 Å². The molecule has 0 saturated heterocycles.